The largest absolute Gasteiger partial charge is 0.392 e. The molecule has 4 nitrogen and oxygen atoms in total. The Morgan fingerprint density at radius 2 is 2.10 bits per heavy atom. The predicted molar refractivity (Wildman–Crippen MR) is 83.7 cm³/mol. The lowest BCUT2D eigenvalue weighted by molar-refractivity contribution is -0.127. The molecule has 1 fully saturated rings. The van der Waals surface area contributed by atoms with E-state index in [4.69, 9.17) is 0 Å². The maximum Gasteiger partial charge on any atom is 0.237 e. The summed E-state index contributed by atoms with van der Waals surface area (Å²) in [6.07, 6.45) is 4.35. The van der Waals surface area contributed by atoms with Crippen LogP contribution >= 0.6 is 0 Å². The zero-order valence-corrected chi connectivity index (χ0v) is 12.8. The maximum atomic E-state index is 12.4. The van der Waals surface area contributed by atoms with Gasteiger partial charge in [-0.05, 0) is 43.5 Å². The molecule has 1 amide bonds. The van der Waals surface area contributed by atoms with Crippen molar-refractivity contribution in [2.75, 3.05) is 13.1 Å². The van der Waals surface area contributed by atoms with Crippen molar-refractivity contribution >= 4 is 5.91 Å². The molecule has 0 aliphatic carbocycles. The van der Waals surface area contributed by atoms with Crippen molar-refractivity contribution < 1.29 is 9.90 Å². The molecule has 0 radical (unpaired) electrons. The van der Waals surface area contributed by atoms with Gasteiger partial charge in [0.05, 0.1) is 12.6 Å². The van der Waals surface area contributed by atoms with Crippen LogP contribution in [0.4, 0.5) is 0 Å². The highest BCUT2D eigenvalue weighted by molar-refractivity contribution is 5.81. The van der Waals surface area contributed by atoms with Gasteiger partial charge in [-0.1, -0.05) is 37.6 Å². The lowest BCUT2D eigenvalue weighted by atomic mass is 10.0. The zero-order valence-electron chi connectivity index (χ0n) is 12.8. The second kappa shape index (κ2) is 8.15. The molecule has 21 heavy (non-hydrogen) atoms. The van der Waals surface area contributed by atoms with Crippen LogP contribution in [0.2, 0.25) is 0 Å². The second-order valence-corrected chi connectivity index (χ2v) is 5.69. The Labute approximate surface area is 127 Å². The van der Waals surface area contributed by atoms with Crippen LogP contribution in [-0.2, 0) is 17.9 Å². The summed E-state index contributed by atoms with van der Waals surface area (Å²) < 4.78 is 0. The summed E-state index contributed by atoms with van der Waals surface area (Å²) >= 11 is 0. The Balaban J connectivity index is 1.94. The van der Waals surface area contributed by atoms with Crippen molar-refractivity contribution in [2.24, 2.45) is 0 Å². The molecule has 1 aliphatic heterocycles. The number of carbonyl (C=O) groups excluding carboxylic acids is 1. The van der Waals surface area contributed by atoms with E-state index in [2.05, 4.69) is 17.1 Å². The van der Waals surface area contributed by atoms with Gasteiger partial charge >= 0.3 is 0 Å². The number of benzene rings is 1. The van der Waals surface area contributed by atoms with Gasteiger partial charge in [0.2, 0.25) is 5.91 Å². The van der Waals surface area contributed by atoms with E-state index in [0.29, 0.717) is 6.54 Å². The standard InChI is InChI=1S/C17H26N2O2/c1-2-10-19-11-6-5-9-16(19)17(21)18-12-14-7-3-4-8-15(14)13-20/h3-4,7-8,16,20H,2,5-6,9-13H2,1H3,(H,18,21). The predicted octanol–water partition coefficient (Wildman–Crippen LogP) is 2.06. The fourth-order valence-electron chi connectivity index (χ4n) is 3.03. The number of aliphatic hydroxyl groups excluding tert-OH is 1. The number of hydrogen-bond donors (Lipinski definition) is 2. The molecule has 0 spiro atoms. The number of likely N-dealkylation sites (tertiary alicyclic amines) is 1. The topological polar surface area (TPSA) is 52.6 Å². The smallest absolute Gasteiger partial charge is 0.237 e. The lowest BCUT2D eigenvalue weighted by Crippen LogP contribution is -2.49. The first-order chi connectivity index (χ1) is 10.3. The Kier molecular flexibility index (Phi) is 6.21. The van der Waals surface area contributed by atoms with Crippen LogP contribution in [-0.4, -0.2) is 35.0 Å². The van der Waals surface area contributed by atoms with Crippen LogP contribution in [0.15, 0.2) is 24.3 Å². The van der Waals surface area contributed by atoms with Gasteiger partial charge in [0.25, 0.3) is 0 Å². The molecule has 1 aromatic rings. The third kappa shape index (κ3) is 4.29. The second-order valence-electron chi connectivity index (χ2n) is 5.69. The van der Waals surface area contributed by atoms with Gasteiger partial charge in [0.15, 0.2) is 0 Å². The first-order valence-corrected chi connectivity index (χ1v) is 7.95. The van der Waals surface area contributed by atoms with Crippen LogP contribution in [0.3, 0.4) is 0 Å². The Morgan fingerprint density at radius 1 is 1.33 bits per heavy atom. The number of nitrogens with zero attached hydrogens (tertiary/aromatic N) is 1. The summed E-state index contributed by atoms with van der Waals surface area (Å²) in [5.41, 5.74) is 1.87. The van der Waals surface area contributed by atoms with Gasteiger partial charge in [-0.3, -0.25) is 9.69 Å². The summed E-state index contributed by atoms with van der Waals surface area (Å²) in [7, 11) is 0. The van der Waals surface area contributed by atoms with E-state index in [1.54, 1.807) is 0 Å². The Bertz CT molecular complexity index is 460. The number of nitrogens with one attached hydrogen (secondary N) is 1. The van der Waals surface area contributed by atoms with Crippen LogP contribution in [0, 0.1) is 0 Å². The van der Waals surface area contributed by atoms with Crippen molar-refractivity contribution in [1.29, 1.82) is 0 Å². The average molecular weight is 290 g/mol. The molecule has 1 saturated heterocycles. The molecule has 116 valence electrons. The molecule has 1 unspecified atom stereocenters. The van der Waals surface area contributed by atoms with Gasteiger partial charge in [-0.15, -0.1) is 0 Å². The van der Waals surface area contributed by atoms with E-state index in [-0.39, 0.29) is 18.6 Å². The molecular formula is C17H26N2O2. The minimum Gasteiger partial charge on any atom is -0.392 e. The first kappa shape index (κ1) is 16.0. The molecule has 1 aliphatic rings. The van der Waals surface area contributed by atoms with E-state index in [1.165, 1.54) is 6.42 Å². The zero-order chi connectivity index (χ0) is 15.1. The van der Waals surface area contributed by atoms with E-state index >= 15 is 0 Å². The van der Waals surface area contributed by atoms with E-state index in [0.717, 1.165) is 43.5 Å². The van der Waals surface area contributed by atoms with E-state index < -0.39 is 0 Å². The van der Waals surface area contributed by atoms with Crippen molar-refractivity contribution in [3.63, 3.8) is 0 Å². The van der Waals surface area contributed by atoms with Crippen molar-refractivity contribution in [3.8, 4) is 0 Å². The molecule has 0 bridgehead atoms. The first-order valence-electron chi connectivity index (χ1n) is 7.95. The molecular weight excluding hydrogens is 264 g/mol. The number of rotatable bonds is 6. The number of amides is 1. The van der Waals surface area contributed by atoms with Crippen molar-refractivity contribution in [3.05, 3.63) is 35.4 Å². The Morgan fingerprint density at radius 3 is 2.81 bits per heavy atom. The number of carbonyl (C=O) groups is 1. The molecule has 0 aromatic heterocycles. The summed E-state index contributed by atoms with van der Waals surface area (Å²) in [6, 6.07) is 7.70. The van der Waals surface area contributed by atoms with Gasteiger partial charge in [-0.25, -0.2) is 0 Å². The lowest BCUT2D eigenvalue weighted by Gasteiger charge is -2.34. The van der Waals surface area contributed by atoms with Crippen molar-refractivity contribution in [2.45, 2.75) is 51.8 Å². The van der Waals surface area contributed by atoms with Gasteiger partial charge < -0.3 is 10.4 Å². The molecule has 0 saturated carbocycles. The molecule has 1 atom stereocenters. The monoisotopic (exact) mass is 290 g/mol. The van der Waals surface area contributed by atoms with Crippen molar-refractivity contribution in [1.82, 2.24) is 10.2 Å². The highest BCUT2D eigenvalue weighted by atomic mass is 16.3. The van der Waals surface area contributed by atoms with E-state index in [9.17, 15) is 9.90 Å². The maximum absolute atomic E-state index is 12.4. The summed E-state index contributed by atoms with van der Waals surface area (Å²) in [6.45, 7) is 4.68. The average Bonchev–Trinajstić information content (AvgIpc) is 2.53. The minimum atomic E-state index is 0.0113. The van der Waals surface area contributed by atoms with Crippen LogP contribution in [0.1, 0.15) is 43.7 Å². The van der Waals surface area contributed by atoms with Gasteiger partial charge in [-0.2, -0.15) is 0 Å². The molecule has 1 aromatic carbocycles. The van der Waals surface area contributed by atoms with Crippen LogP contribution in [0.25, 0.3) is 0 Å². The Hall–Kier alpha value is -1.39. The summed E-state index contributed by atoms with van der Waals surface area (Å²) in [5, 5.41) is 12.4. The number of aliphatic hydroxyl groups is 1. The fourth-order valence-corrected chi connectivity index (χ4v) is 3.03. The SMILES string of the molecule is CCCN1CCCCC1C(=O)NCc1ccccc1CO. The fraction of sp³-hybridized carbons (Fsp3) is 0.588. The number of hydrogen-bond acceptors (Lipinski definition) is 3. The van der Waals surface area contributed by atoms with Gasteiger partial charge in [0, 0.05) is 6.54 Å². The molecule has 2 rings (SSSR count). The minimum absolute atomic E-state index is 0.0113. The third-order valence-corrected chi connectivity index (χ3v) is 4.17. The summed E-state index contributed by atoms with van der Waals surface area (Å²) in [4.78, 5) is 14.7. The van der Waals surface area contributed by atoms with Gasteiger partial charge in [0.1, 0.15) is 0 Å². The quantitative estimate of drug-likeness (QED) is 0.843. The molecule has 2 N–H and O–H groups in total. The molecule has 1 heterocycles. The van der Waals surface area contributed by atoms with Crippen LogP contribution < -0.4 is 5.32 Å². The highest BCUT2D eigenvalue weighted by Gasteiger charge is 2.27. The number of piperidine rings is 1. The summed E-state index contributed by atoms with van der Waals surface area (Å²) in [5.74, 6) is 0.121. The highest BCUT2D eigenvalue weighted by Crippen LogP contribution is 2.17. The third-order valence-electron chi connectivity index (χ3n) is 4.17. The normalized spacial score (nSPS) is 19.4. The molecule has 4 heteroatoms. The van der Waals surface area contributed by atoms with Crippen LogP contribution in [0.5, 0.6) is 0 Å². The van der Waals surface area contributed by atoms with E-state index in [1.807, 2.05) is 24.3 Å².